The van der Waals surface area contributed by atoms with E-state index in [2.05, 4.69) is 33.8 Å². The Bertz CT molecular complexity index is 596. The Kier molecular flexibility index (Phi) is 4.03. The smallest absolute Gasteiger partial charge is 0.123 e. The lowest BCUT2D eigenvalue weighted by molar-refractivity contribution is 0.455. The molecule has 0 radical (unpaired) electrons. The summed E-state index contributed by atoms with van der Waals surface area (Å²) in [5.74, 6) is 1.18. The van der Waals surface area contributed by atoms with Crippen LogP contribution in [0.5, 0.6) is 11.5 Å². The van der Waals surface area contributed by atoms with Crippen molar-refractivity contribution in [1.29, 1.82) is 0 Å². The lowest BCUT2D eigenvalue weighted by Gasteiger charge is -2.19. The summed E-state index contributed by atoms with van der Waals surface area (Å²) >= 11 is 0. The standard InChI is InChI=1S/C18H22O2/c1-11(2)15-9-10-16(17(12(3)4)18(15)20)13-5-7-14(19)8-6-13/h5-12,19-20H,1-4H3. The van der Waals surface area contributed by atoms with Crippen molar-refractivity contribution in [2.24, 2.45) is 0 Å². The maximum atomic E-state index is 10.6. The molecular formula is C18H22O2. The molecule has 0 amide bonds. The van der Waals surface area contributed by atoms with Crippen LogP contribution in [0.2, 0.25) is 0 Å². The predicted molar refractivity (Wildman–Crippen MR) is 83.4 cm³/mol. The Balaban J connectivity index is 2.64. The van der Waals surface area contributed by atoms with Crippen molar-refractivity contribution in [2.45, 2.75) is 39.5 Å². The molecule has 2 rings (SSSR count). The molecule has 0 bridgehead atoms. The maximum Gasteiger partial charge on any atom is 0.123 e. The van der Waals surface area contributed by atoms with Crippen LogP contribution in [0.15, 0.2) is 36.4 Å². The zero-order chi connectivity index (χ0) is 14.9. The molecule has 0 aliphatic heterocycles. The number of aromatic hydroxyl groups is 2. The molecule has 20 heavy (non-hydrogen) atoms. The van der Waals surface area contributed by atoms with Gasteiger partial charge < -0.3 is 10.2 Å². The summed E-state index contributed by atoms with van der Waals surface area (Å²) in [6.45, 7) is 8.34. The second-order valence-corrected chi connectivity index (χ2v) is 5.82. The van der Waals surface area contributed by atoms with Gasteiger partial charge in [-0.15, -0.1) is 0 Å². The predicted octanol–water partition coefficient (Wildman–Crippen LogP) is 5.01. The van der Waals surface area contributed by atoms with E-state index in [1.807, 2.05) is 18.2 Å². The highest BCUT2D eigenvalue weighted by Gasteiger charge is 2.18. The summed E-state index contributed by atoms with van der Waals surface area (Å²) < 4.78 is 0. The molecule has 0 unspecified atom stereocenters. The van der Waals surface area contributed by atoms with Crippen molar-refractivity contribution in [1.82, 2.24) is 0 Å². The van der Waals surface area contributed by atoms with Gasteiger partial charge in [-0.1, -0.05) is 52.0 Å². The first kappa shape index (κ1) is 14.4. The molecule has 106 valence electrons. The molecule has 0 aliphatic carbocycles. The highest BCUT2D eigenvalue weighted by Crippen LogP contribution is 2.40. The zero-order valence-corrected chi connectivity index (χ0v) is 12.5. The van der Waals surface area contributed by atoms with Crippen LogP contribution >= 0.6 is 0 Å². The fourth-order valence-electron chi connectivity index (χ4n) is 2.57. The van der Waals surface area contributed by atoms with E-state index < -0.39 is 0 Å². The number of phenols is 2. The average Bonchev–Trinajstić information content (AvgIpc) is 2.38. The minimum Gasteiger partial charge on any atom is -0.508 e. The molecule has 0 aliphatic rings. The molecular weight excluding hydrogens is 248 g/mol. The average molecular weight is 270 g/mol. The lowest BCUT2D eigenvalue weighted by Crippen LogP contribution is -1.98. The minimum atomic E-state index is 0.234. The SMILES string of the molecule is CC(C)c1ccc(-c2ccc(O)cc2)c(C(C)C)c1O. The first-order valence-corrected chi connectivity index (χ1v) is 7.07. The molecule has 2 aromatic carbocycles. The Labute approximate surface area is 120 Å². The number of hydrogen-bond acceptors (Lipinski definition) is 2. The summed E-state index contributed by atoms with van der Waals surface area (Å²) in [4.78, 5) is 0. The summed E-state index contributed by atoms with van der Waals surface area (Å²) in [7, 11) is 0. The molecule has 0 heterocycles. The molecule has 2 N–H and O–H groups in total. The fraction of sp³-hybridized carbons (Fsp3) is 0.333. The van der Waals surface area contributed by atoms with Gasteiger partial charge in [-0.3, -0.25) is 0 Å². The summed E-state index contributed by atoms with van der Waals surface area (Å²) in [6, 6.07) is 11.2. The van der Waals surface area contributed by atoms with E-state index in [1.54, 1.807) is 12.1 Å². The van der Waals surface area contributed by atoms with E-state index in [9.17, 15) is 10.2 Å². The van der Waals surface area contributed by atoms with Gasteiger partial charge in [-0.2, -0.15) is 0 Å². The van der Waals surface area contributed by atoms with Gasteiger partial charge in [0.05, 0.1) is 0 Å². The minimum absolute atomic E-state index is 0.234. The van der Waals surface area contributed by atoms with Crippen molar-refractivity contribution >= 4 is 0 Å². The first-order chi connectivity index (χ1) is 9.41. The van der Waals surface area contributed by atoms with Crippen LogP contribution in [0, 0.1) is 0 Å². The summed E-state index contributed by atoms with van der Waals surface area (Å²) in [5, 5.41) is 20.0. The molecule has 2 aromatic rings. The van der Waals surface area contributed by atoms with Crippen LogP contribution in [-0.2, 0) is 0 Å². The third-order valence-electron chi connectivity index (χ3n) is 3.63. The van der Waals surface area contributed by atoms with Crippen molar-refractivity contribution in [2.75, 3.05) is 0 Å². The van der Waals surface area contributed by atoms with Gasteiger partial charge in [0, 0.05) is 5.56 Å². The molecule has 0 saturated heterocycles. The van der Waals surface area contributed by atoms with Crippen molar-refractivity contribution < 1.29 is 10.2 Å². The van der Waals surface area contributed by atoms with Crippen LogP contribution in [0.1, 0.15) is 50.7 Å². The number of benzene rings is 2. The molecule has 0 saturated carbocycles. The second-order valence-electron chi connectivity index (χ2n) is 5.82. The normalized spacial score (nSPS) is 11.3. The van der Waals surface area contributed by atoms with E-state index >= 15 is 0 Å². The van der Waals surface area contributed by atoms with E-state index in [-0.39, 0.29) is 11.7 Å². The number of phenolic OH excluding ortho intramolecular Hbond substituents is 2. The number of rotatable bonds is 3. The van der Waals surface area contributed by atoms with Crippen LogP contribution in [-0.4, -0.2) is 10.2 Å². The Morgan fingerprint density at radius 2 is 1.35 bits per heavy atom. The largest absolute Gasteiger partial charge is 0.508 e. The molecule has 2 nitrogen and oxygen atoms in total. The molecule has 2 heteroatoms. The third kappa shape index (κ3) is 2.64. The van der Waals surface area contributed by atoms with Gasteiger partial charge in [-0.05, 0) is 40.7 Å². The highest BCUT2D eigenvalue weighted by molar-refractivity contribution is 5.72. The summed E-state index contributed by atoms with van der Waals surface area (Å²) in [6.07, 6.45) is 0. The molecule has 0 atom stereocenters. The Hall–Kier alpha value is -1.96. The monoisotopic (exact) mass is 270 g/mol. The van der Waals surface area contributed by atoms with Crippen molar-refractivity contribution in [3.63, 3.8) is 0 Å². The molecule has 0 spiro atoms. The second kappa shape index (κ2) is 5.58. The van der Waals surface area contributed by atoms with Crippen LogP contribution in [0.4, 0.5) is 0 Å². The Morgan fingerprint density at radius 1 is 0.750 bits per heavy atom. The van der Waals surface area contributed by atoms with E-state index in [0.717, 1.165) is 22.3 Å². The van der Waals surface area contributed by atoms with Crippen LogP contribution in [0.25, 0.3) is 11.1 Å². The van der Waals surface area contributed by atoms with Gasteiger partial charge in [0.25, 0.3) is 0 Å². The van der Waals surface area contributed by atoms with Gasteiger partial charge in [0.15, 0.2) is 0 Å². The van der Waals surface area contributed by atoms with Crippen molar-refractivity contribution in [3.8, 4) is 22.6 Å². The third-order valence-corrected chi connectivity index (χ3v) is 3.63. The topological polar surface area (TPSA) is 40.5 Å². The molecule has 0 aromatic heterocycles. The van der Waals surface area contributed by atoms with Gasteiger partial charge in [-0.25, -0.2) is 0 Å². The molecule has 0 fully saturated rings. The fourth-order valence-corrected chi connectivity index (χ4v) is 2.57. The van der Waals surface area contributed by atoms with Crippen molar-refractivity contribution in [3.05, 3.63) is 47.5 Å². The van der Waals surface area contributed by atoms with E-state index in [1.165, 1.54) is 0 Å². The first-order valence-electron chi connectivity index (χ1n) is 7.07. The van der Waals surface area contributed by atoms with E-state index in [4.69, 9.17) is 0 Å². The Morgan fingerprint density at radius 3 is 1.85 bits per heavy atom. The zero-order valence-electron chi connectivity index (χ0n) is 12.5. The van der Waals surface area contributed by atoms with Gasteiger partial charge >= 0.3 is 0 Å². The van der Waals surface area contributed by atoms with Gasteiger partial charge in [0.2, 0.25) is 0 Å². The maximum absolute atomic E-state index is 10.6. The van der Waals surface area contributed by atoms with E-state index in [0.29, 0.717) is 11.7 Å². The number of hydrogen-bond donors (Lipinski definition) is 2. The quantitative estimate of drug-likeness (QED) is 0.822. The lowest BCUT2D eigenvalue weighted by atomic mass is 9.87. The van der Waals surface area contributed by atoms with Crippen LogP contribution < -0.4 is 0 Å². The highest BCUT2D eigenvalue weighted by atomic mass is 16.3. The van der Waals surface area contributed by atoms with Gasteiger partial charge in [0.1, 0.15) is 11.5 Å². The van der Waals surface area contributed by atoms with Crippen LogP contribution in [0.3, 0.4) is 0 Å². The summed E-state index contributed by atoms with van der Waals surface area (Å²) in [5.41, 5.74) is 4.00.